The maximum Gasteiger partial charge on any atom is 0.00615 e. The fourth-order valence-corrected chi connectivity index (χ4v) is 2.68. The van der Waals surface area contributed by atoms with E-state index in [2.05, 4.69) is 52.2 Å². The molecule has 0 radical (unpaired) electrons. The summed E-state index contributed by atoms with van der Waals surface area (Å²) in [7, 11) is 2.07. The standard InChI is InChI=1S/C16H27N/c1-6-15(17-5)8-7-9-16-13(3)10-12(2)11-14(16)4/h10-11,15,17H,6-9H2,1-5H3. The number of hydrogen-bond donors (Lipinski definition) is 1. The molecule has 1 aromatic rings. The molecule has 0 heterocycles. The summed E-state index contributed by atoms with van der Waals surface area (Å²) in [4.78, 5) is 0. The highest BCUT2D eigenvalue weighted by Gasteiger charge is 2.06. The second-order valence-electron chi connectivity index (χ2n) is 5.16. The van der Waals surface area contributed by atoms with Crippen LogP contribution in [0.5, 0.6) is 0 Å². The molecule has 0 aromatic heterocycles. The molecule has 0 amide bonds. The lowest BCUT2D eigenvalue weighted by molar-refractivity contribution is 0.491. The second-order valence-corrected chi connectivity index (χ2v) is 5.16. The van der Waals surface area contributed by atoms with E-state index in [4.69, 9.17) is 0 Å². The van der Waals surface area contributed by atoms with Crippen molar-refractivity contribution in [3.05, 3.63) is 34.4 Å². The average molecular weight is 233 g/mol. The molecule has 0 saturated carbocycles. The van der Waals surface area contributed by atoms with Crippen LogP contribution in [0.2, 0.25) is 0 Å². The van der Waals surface area contributed by atoms with Crippen molar-refractivity contribution in [2.24, 2.45) is 0 Å². The van der Waals surface area contributed by atoms with Gasteiger partial charge in [0.1, 0.15) is 0 Å². The van der Waals surface area contributed by atoms with Gasteiger partial charge in [-0.25, -0.2) is 0 Å². The minimum absolute atomic E-state index is 0.682. The van der Waals surface area contributed by atoms with Gasteiger partial charge in [-0.05, 0) is 70.2 Å². The van der Waals surface area contributed by atoms with E-state index in [1.165, 1.54) is 42.4 Å². The van der Waals surface area contributed by atoms with Crippen LogP contribution >= 0.6 is 0 Å². The van der Waals surface area contributed by atoms with Gasteiger partial charge in [0.05, 0.1) is 0 Å². The van der Waals surface area contributed by atoms with E-state index in [0.29, 0.717) is 6.04 Å². The van der Waals surface area contributed by atoms with Gasteiger partial charge in [-0.3, -0.25) is 0 Å². The van der Waals surface area contributed by atoms with E-state index in [1.807, 2.05) is 0 Å². The molecular formula is C16H27N. The summed E-state index contributed by atoms with van der Waals surface area (Å²) in [6.45, 7) is 8.91. The molecule has 1 N–H and O–H groups in total. The molecule has 1 rings (SSSR count). The normalized spacial score (nSPS) is 12.8. The molecule has 1 nitrogen and oxygen atoms in total. The van der Waals surface area contributed by atoms with Crippen LogP contribution in [0, 0.1) is 20.8 Å². The highest BCUT2D eigenvalue weighted by atomic mass is 14.9. The first-order valence-corrected chi connectivity index (χ1v) is 6.82. The lowest BCUT2D eigenvalue weighted by Gasteiger charge is -2.15. The van der Waals surface area contributed by atoms with Gasteiger partial charge in [-0.2, -0.15) is 0 Å². The Kier molecular flexibility index (Phi) is 5.70. The van der Waals surface area contributed by atoms with Crippen LogP contribution in [0.3, 0.4) is 0 Å². The Hall–Kier alpha value is -0.820. The Morgan fingerprint density at radius 1 is 1.12 bits per heavy atom. The minimum Gasteiger partial charge on any atom is -0.317 e. The third kappa shape index (κ3) is 4.16. The Morgan fingerprint density at radius 3 is 2.18 bits per heavy atom. The molecule has 1 atom stereocenters. The van der Waals surface area contributed by atoms with Crippen LogP contribution in [-0.2, 0) is 6.42 Å². The Labute approximate surface area is 107 Å². The topological polar surface area (TPSA) is 12.0 Å². The largest absolute Gasteiger partial charge is 0.317 e. The average Bonchev–Trinajstić information content (AvgIpc) is 2.27. The van der Waals surface area contributed by atoms with Crippen molar-refractivity contribution in [1.29, 1.82) is 0 Å². The molecule has 0 aliphatic heterocycles. The molecule has 0 fully saturated rings. The van der Waals surface area contributed by atoms with Crippen molar-refractivity contribution in [1.82, 2.24) is 5.32 Å². The summed E-state index contributed by atoms with van der Waals surface area (Å²) in [5.74, 6) is 0. The first-order chi connectivity index (χ1) is 8.08. The van der Waals surface area contributed by atoms with Crippen LogP contribution in [-0.4, -0.2) is 13.1 Å². The summed E-state index contributed by atoms with van der Waals surface area (Å²) in [5, 5.41) is 3.38. The molecular weight excluding hydrogens is 206 g/mol. The maximum absolute atomic E-state index is 3.38. The summed E-state index contributed by atoms with van der Waals surface area (Å²) in [6, 6.07) is 5.29. The van der Waals surface area contributed by atoms with Gasteiger partial charge in [-0.1, -0.05) is 24.6 Å². The van der Waals surface area contributed by atoms with Gasteiger partial charge in [0.25, 0.3) is 0 Å². The number of hydrogen-bond acceptors (Lipinski definition) is 1. The fourth-order valence-electron chi connectivity index (χ4n) is 2.68. The Morgan fingerprint density at radius 2 is 1.71 bits per heavy atom. The maximum atomic E-state index is 3.38. The number of nitrogens with one attached hydrogen (secondary N) is 1. The third-order valence-electron chi connectivity index (χ3n) is 3.72. The van der Waals surface area contributed by atoms with E-state index in [-0.39, 0.29) is 0 Å². The zero-order valence-corrected chi connectivity index (χ0v) is 12.1. The molecule has 0 bridgehead atoms. The summed E-state index contributed by atoms with van der Waals surface area (Å²) in [6.07, 6.45) is 5.00. The van der Waals surface area contributed by atoms with Gasteiger partial charge in [0.2, 0.25) is 0 Å². The minimum atomic E-state index is 0.682. The SMILES string of the molecule is CCC(CCCc1c(C)cc(C)cc1C)NC. The molecule has 0 spiro atoms. The second kappa shape index (κ2) is 6.80. The molecule has 0 aliphatic carbocycles. The Balaban J connectivity index is 2.58. The van der Waals surface area contributed by atoms with Gasteiger partial charge in [-0.15, -0.1) is 0 Å². The van der Waals surface area contributed by atoms with Crippen LogP contribution in [0.15, 0.2) is 12.1 Å². The van der Waals surface area contributed by atoms with E-state index in [0.717, 1.165) is 0 Å². The monoisotopic (exact) mass is 233 g/mol. The smallest absolute Gasteiger partial charge is 0.00615 e. The summed E-state index contributed by atoms with van der Waals surface area (Å²) >= 11 is 0. The lowest BCUT2D eigenvalue weighted by atomic mass is 9.94. The molecule has 17 heavy (non-hydrogen) atoms. The van der Waals surface area contributed by atoms with Gasteiger partial charge < -0.3 is 5.32 Å². The van der Waals surface area contributed by atoms with Crippen LogP contribution in [0.4, 0.5) is 0 Å². The fraction of sp³-hybridized carbons (Fsp3) is 0.625. The van der Waals surface area contributed by atoms with Crippen molar-refractivity contribution in [2.45, 2.75) is 59.4 Å². The highest BCUT2D eigenvalue weighted by molar-refractivity contribution is 5.37. The van der Waals surface area contributed by atoms with Crippen molar-refractivity contribution >= 4 is 0 Å². The molecule has 0 aliphatic rings. The van der Waals surface area contributed by atoms with E-state index in [1.54, 1.807) is 5.56 Å². The molecule has 96 valence electrons. The summed E-state index contributed by atoms with van der Waals surface area (Å²) in [5.41, 5.74) is 5.85. The van der Waals surface area contributed by atoms with Crippen molar-refractivity contribution in [3.63, 3.8) is 0 Å². The number of rotatable bonds is 6. The predicted molar refractivity (Wildman–Crippen MR) is 76.7 cm³/mol. The quantitative estimate of drug-likeness (QED) is 0.785. The molecule has 1 unspecified atom stereocenters. The zero-order valence-electron chi connectivity index (χ0n) is 12.1. The summed E-state index contributed by atoms with van der Waals surface area (Å²) < 4.78 is 0. The highest BCUT2D eigenvalue weighted by Crippen LogP contribution is 2.19. The van der Waals surface area contributed by atoms with Crippen molar-refractivity contribution < 1.29 is 0 Å². The third-order valence-corrected chi connectivity index (χ3v) is 3.72. The predicted octanol–water partition coefficient (Wildman–Crippen LogP) is 3.93. The van der Waals surface area contributed by atoms with Crippen LogP contribution < -0.4 is 5.32 Å². The van der Waals surface area contributed by atoms with E-state index >= 15 is 0 Å². The molecule has 1 heteroatoms. The number of benzene rings is 1. The Bertz CT molecular complexity index is 328. The first-order valence-electron chi connectivity index (χ1n) is 6.82. The van der Waals surface area contributed by atoms with Gasteiger partial charge in [0, 0.05) is 6.04 Å². The van der Waals surface area contributed by atoms with Crippen LogP contribution in [0.1, 0.15) is 48.4 Å². The van der Waals surface area contributed by atoms with E-state index < -0.39 is 0 Å². The molecule has 0 saturated heterocycles. The zero-order chi connectivity index (χ0) is 12.8. The van der Waals surface area contributed by atoms with Crippen molar-refractivity contribution in [2.75, 3.05) is 7.05 Å². The van der Waals surface area contributed by atoms with Gasteiger partial charge >= 0.3 is 0 Å². The lowest BCUT2D eigenvalue weighted by Crippen LogP contribution is -2.24. The van der Waals surface area contributed by atoms with E-state index in [9.17, 15) is 0 Å². The first kappa shape index (κ1) is 14.2. The van der Waals surface area contributed by atoms with Crippen LogP contribution in [0.25, 0.3) is 0 Å². The van der Waals surface area contributed by atoms with Gasteiger partial charge in [0.15, 0.2) is 0 Å². The number of aryl methyl sites for hydroxylation is 3. The van der Waals surface area contributed by atoms with Crippen molar-refractivity contribution in [3.8, 4) is 0 Å². The molecule has 1 aromatic carbocycles.